The second kappa shape index (κ2) is 6.87. The molecular weight excluding hydrogens is 242 g/mol. The summed E-state index contributed by atoms with van der Waals surface area (Å²) < 4.78 is 0. The van der Waals surface area contributed by atoms with E-state index in [9.17, 15) is 9.59 Å². The Bertz CT molecular complexity index is 430. The first kappa shape index (κ1) is 15.1. The van der Waals surface area contributed by atoms with Crippen molar-refractivity contribution < 1.29 is 9.59 Å². The molecule has 2 N–H and O–H groups in total. The van der Waals surface area contributed by atoms with Crippen LogP contribution in [0.3, 0.4) is 0 Å². The molecule has 0 radical (unpaired) electrons. The number of aromatic nitrogens is 1. The summed E-state index contributed by atoms with van der Waals surface area (Å²) in [5.41, 5.74) is 0.334. The third kappa shape index (κ3) is 5.99. The number of nitrogens with one attached hydrogen (secondary N) is 2. The quantitative estimate of drug-likeness (QED) is 0.805. The third-order valence-corrected chi connectivity index (χ3v) is 2.80. The lowest BCUT2D eigenvalue weighted by Crippen LogP contribution is -2.44. The number of amides is 2. The van der Waals surface area contributed by atoms with Gasteiger partial charge in [0.15, 0.2) is 0 Å². The molecule has 0 aromatic carbocycles. The number of hydrogen-bond donors (Lipinski definition) is 2. The van der Waals surface area contributed by atoms with Gasteiger partial charge >= 0.3 is 0 Å². The molecule has 0 saturated heterocycles. The first-order chi connectivity index (χ1) is 8.93. The molecule has 5 nitrogen and oxygen atoms in total. The van der Waals surface area contributed by atoms with Crippen molar-refractivity contribution in [2.45, 2.75) is 38.6 Å². The molecule has 1 rings (SSSR count). The molecule has 0 aliphatic carbocycles. The Morgan fingerprint density at radius 2 is 2.00 bits per heavy atom. The van der Waals surface area contributed by atoms with Crippen molar-refractivity contribution >= 4 is 11.8 Å². The van der Waals surface area contributed by atoms with E-state index >= 15 is 0 Å². The first-order valence-electron chi connectivity index (χ1n) is 6.34. The smallest absolute Gasteiger partial charge is 0.226 e. The van der Waals surface area contributed by atoms with Gasteiger partial charge in [-0.1, -0.05) is 6.07 Å². The van der Waals surface area contributed by atoms with Crippen molar-refractivity contribution in [2.75, 3.05) is 7.05 Å². The van der Waals surface area contributed by atoms with E-state index in [1.165, 1.54) is 0 Å². The summed E-state index contributed by atoms with van der Waals surface area (Å²) in [4.78, 5) is 27.2. The van der Waals surface area contributed by atoms with Gasteiger partial charge < -0.3 is 10.6 Å². The topological polar surface area (TPSA) is 71.1 Å². The minimum Gasteiger partial charge on any atom is -0.359 e. The highest BCUT2D eigenvalue weighted by Gasteiger charge is 2.21. The van der Waals surface area contributed by atoms with Crippen LogP contribution in [0.2, 0.25) is 0 Å². The van der Waals surface area contributed by atoms with Gasteiger partial charge in [0.25, 0.3) is 0 Å². The van der Waals surface area contributed by atoms with E-state index in [2.05, 4.69) is 15.6 Å². The van der Waals surface area contributed by atoms with Crippen molar-refractivity contribution in [2.24, 2.45) is 0 Å². The van der Waals surface area contributed by atoms with Gasteiger partial charge in [-0.3, -0.25) is 14.6 Å². The van der Waals surface area contributed by atoms with Crippen LogP contribution in [-0.2, 0) is 16.0 Å². The van der Waals surface area contributed by atoms with Crippen LogP contribution in [-0.4, -0.2) is 29.4 Å². The van der Waals surface area contributed by atoms with Crippen LogP contribution in [0.15, 0.2) is 24.4 Å². The molecule has 19 heavy (non-hydrogen) atoms. The summed E-state index contributed by atoms with van der Waals surface area (Å²) in [5, 5.41) is 5.49. The number of carbonyl (C=O) groups excluding carboxylic acids is 2. The highest BCUT2D eigenvalue weighted by Crippen LogP contribution is 2.11. The molecule has 0 unspecified atom stereocenters. The average molecular weight is 263 g/mol. The maximum atomic E-state index is 11.9. The summed E-state index contributed by atoms with van der Waals surface area (Å²) in [6.45, 7) is 3.82. The van der Waals surface area contributed by atoms with Crippen molar-refractivity contribution in [3.05, 3.63) is 30.1 Å². The molecule has 0 aliphatic rings. The zero-order valence-corrected chi connectivity index (χ0v) is 11.7. The van der Waals surface area contributed by atoms with Crippen LogP contribution < -0.4 is 10.6 Å². The van der Waals surface area contributed by atoms with Crippen LogP contribution in [0.25, 0.3) is 0 Å². The van der Waals surface area contributed by atoms with E-state index in [0.29, 0.717) is 12.8 Å². The molecule has 5 heteroatoms. The molecule has 1 aromatic heterocycles. The molecule has 104 valence electrons. The maximum Gasteiger partial charge on any atom is 0.226 e. The molecule has 1 heterocycles. The summed E-state index contributed by atoms with van der Waals surface area (Å²) in [5.74, 6) is -0.104. The van der Waals surface area contributed by atoms with E-state index in [1.807, 2.05) is 32.0 Å². The highest BCUT2D eigenvalue weighted by atomic mass is 16.2. The molecule has 0 bridgehead atoms. The van der Waals surface area contributed by atoms with Gasteiger partial charge in [0, 0.05) is 30.9 Å². The first-order valence-corrected chi connectivity index (χ1v) is 6.34. The lowest BCUT2D eigenvalue weighted by molar-refractivity contribution is -0.124. The van der Waals surface area contributed by atoms with Gasteiger partial charge in [-0.05, 0) is 32.4 Å². The summed E-state index contributed by atoms with van der Waals surface area (Å²) in [7, 11) is 1.61. The molecule has 2 amide bonds. The molecule has 1 aromatic rings. The van der Waals surface area contributed by atoms with Gasteiger partial charge in [0.05, 0.1) is 6.42 Å². The van der Waals surface area contributed by atoms with Gasteiger partial charge in [-0.25, -0.2) is 0 Å². The molecular formula is C14H21N3O2. The Kier molecular flexibility index (Phi) is 5.48. The standard InChI is InChI=1S/C14H21N3O2/c1-14(2,8-7-12(18)15-3)17-13(19)10-11-6-4-5-9-16-11/h4-6,9H,7-8,10H2,1-3H3,(H,15,18)(H,17,19). The van der Waals surface area contributed by atoms with Crippen molar-refractivity contribution in [1.29, 1.82) is 0 Å². The second-order valence-electron chi connectivity index (χ2n) is 5.10. The number of rotatable bonds is 6. The van der Waals surface area contributed by atoms with Gasteiger partial charge in [0.2, 0.25) is 11.8 Å². The fourth-order valence-electron chi connectivity index (χ4n) is 1.70. The largest absolute Gasteiger partial charge is 0.359 e. The third-order valence-electron chi connectivity index (χ3n) is 2.80. The van der Waals surface area contributed by atoms with Crippen LogP contribution in [0.5, 0.6) is 0 Å². The highest BCUT2D eigenvalue weighted by molar-refractivity contribution is 5.79. The van der Waals surface area contributed by atoms with E-state index in [-0.39, 0.29) is 18.2 Å². The van der Waals surface area contributed by atoms with Gasteiger partial charge in [-0.2, -0.15) is 0 Å². The van der Waals surface area contributed by atoms with Crippen molar-refractivity contribution in [3.63, 3.8) is 0 Å². The lowest BCUT2D eigenvalue weighted by atomic mass is 9.97. The van der Waals surface area contributed by atoms with Gasteiger partial charge in [0.1, 0.15) is 0 Å². The summed E-state index contributed by atoms with van der Waals surface area (Å²) >= 11 is 0. The fraction of sp³-hybridized carbons (Fsp3) is 0.500. The minimum absolute atomic E-state index is 0.0212. The van der Waals surface area contributed by atoms with Crippen molar-refractivity contribution in [3.8, 4) is 0 Å². The van der Waals surface area contributed by atoms with E-state index in [0.717, 1.165) is 5.69 Å². The second-order valence-corrected chi connectivity index (χ2v) is 5.10. The van der Waals surface area contributed by atoms with Crippen LogP contribution >= 0.6 is 0 Å². The molecule has 0 spiro atoms. The molecule has 0 saturated carbocycles. The molecule has 0 fully saturated rings. The van der Waals surface area contributed by atoms with Crippen LogP contribution in [0.4, 0.5) is 0 Å². The summed E-state index contributed by atoms with van der Waals surface area (Å²) in [6, 6.07) is 5.48. The average Bonchev–Trinajstić information content (AvgIpc) is 2.36. The van der Waals surface area contributed by atoms with Gasteiger partial charge in [-0.15, -0.1) is 0 Å². The van der Waals surface area contributed by atoms with Crippen LogP contribution in [0.1, 0.15) is 32.4 Å². The van der Waals surface area contributed by atoms with Crippen molar-refractivity contribution in [1.82, 2.24) is 15.6 Å². The predicted octanol–water partition coefficient (Wildman–Crippen LogP) is 1.05. The molecule has 0 aliphatic heterocycles. The summed E-state index contributed by atoms with van der Waals surface area (Å²) in [6.07, 6.45) is 2.91. The Morgan fingerprint density at radius 3 is 2.58 bits per heavy atom. The van der Waals surface area contributed by atoms with Crippen LogP contribution in [0, 0.1) is 0 Å². The number of nitrogens with zero attached hydrogens (tertiary/aromatic N) is 1. The Labute approximate surface area is 113 Å². The van der Waals surface area contributed by atoms with E-state index in [4.69, 9.17) is 0 Å². The number of hydrogen-bond acceptors (Lipinski definition) is 3. The maximum absolute atomic E-state index is 11.9. The lowest BCUT2D eigenvalue weighted by Gasteiger charge is -2.26. The normalized spacial score (nSPS) is 10.9. The zero-order chi connectivity index (χ0) is 14.3. The van der Waals surface area contributed by atoms with E-state index in [1.54, 1.807) is 13.2 Å². The van der Waals surface area contributed by atoms with E-state index < -0.39 is 5.54 Å². The predicted molar refractivity (Wildman–Crippen MR) is 73.5 cm³/mol. The SMILES string of the molecule is CNC(=O)CCC(C)(C)NC(=O)Cc1ccccn1. The Balaban J connectivity index is 2.44. The minimum atomic E-state index is -0.404. The number of carbonyl (C=O) groups is 2. The number of pyridine rings is 1. The monoisotopic (exact) mass is 263 g/mol. The molecule has 0 atom stereocenters. The Hall–Kier alpha value is -1.91. The Morgan fingerprint density at radius 1 is 1.26 bits per heavy atom. The fourth-order valence-corrected chi connectivity index (χ4v) is 1.70. The zero-order valence-electron chi connectivity index (χ0n) is 11.7.